The SMILES string of the molecule is O=C(CC1CCSCC1)Nc1nc(Cl)ccc1[N+](=O)[O-]. The summed E-state index contributed by atoms with van der Waals surface area (Å²) in [4.78, 5) is 26.0. The van der Waals surface area contributed by atoms with Gasteiger partial charge in [-0.3, -0.25) is 14.9 Å². The number of hydrogen-bond acceptors (Lipinski definition) is 5. The lowest BCUT2D eigenvalue weighted by atomic mass is 9.98. The first-order chi connectivity index (χ1) is 9.56. The number of nitrogens with zero attached hydrogens (tertiary/aromatic N) is 2. The topological polar surface area (TPSA) is 85.1 Å². The van der Waals surface area contributed by atoms with E-state index in [4.69, 9.17) is 11.6 Å². The molecule has 1 aromatic heterocycles. The molecule has 0 aromatic carbocycles. The largest absolute Gasteiger partial charge is 0.311 e. The van der Waals surface area contributed by atoms with Gasteiger partial charge in [0.15, 0.2) is 0 Å². The normalized spacial score (nSPS) is 15.8. The number of hydrogen-bond donors (Lipinski definition) is 1. The van der Waals surface area contributed by atoms with E-state index in [0.29, 0.717) is 12.3 Å². The molecule has 2 heterocycles. The molecule has 0 atom stereocenters. The number of thioether (sulfide) groups is 1. The van der Waals surface area contributed by atoms with Gasteiger partial charge in [-0.15, -0.1) is 0 Å². The van der Waals surface area contributed by atoms with E-state index in [2.05, 4.69) is 10.3 Å². The van der Waals surface area contributed by atoms with Crippen molar-refractivity contribution in [3.63, 3.8) is 0 Å². The Balaban J connectivity index is 2.03. The molecule has 0 unspecified atom stereocenters. The number of carbonyl (C=O) groups is 1. The quantitative estimate of drug-likeness (QED) is 0.524. The highest BCUT2D eigenvalue weighted by atomic mass is 35.5. The summed E-state index contributed by atoms with van der Waals surface area (Å²) in [5, 5.41) is 13.5. The molecule has 1 N–H and O–H groups in total. The van der Waals surface area contributed by atoms with Crippen LogP contribution in [0.4, 0.5) is 11.5 Å². The molecule has 1 aliphatic rings. The van der Waals surface area contributed by atoms with Crippen LogP contribution in [0.5, 0.6) is 0 Å². The number of halogens is 1. The first kappa shape index (κ1) is 15.1. The van der Waals surface area contributed by atoms with Gasteiger partial charge in [-0.1, -0.05) is 11.6 Å². The lowest BCUT2D eigenvalue weighted by Gasteiger charge is -2.20. The molecule has 1 saturated heterocycles. The first-order valence-electron chi connectivity index (χ1n) is 6.25. The van der Waals surface area contributed by atoms with Crippen LogP contribution in [0.1, 0.15) is 19.3 Å². The monoisotopic (exact) mass is 315 g/mol. The van der Waals surface area contributed by atoms with Gasteiger partial charge in [0.1, 0.15) is 5.15 Å². The Kier molecular flexibility index (Phi) is 5.19. The summed E-state index contributed by atoms with van der Waals surface area (Å²) in [6, 6.07) is 2.57. The van der Waals surface area contributed by atoms with Gasteiger partial charge in [-0.2, -0.15) is 11.8 Å². The molecule has 6 nitrogen and oxygen atoms in total. The standard InChI is InChI=1S/C12H14ClN3O3S/c13-10-2-1-9(16(18)19)12(14-10)15-11(17)7-8-3-5-20-6-4-8/h1-2,8H,3-7H2,(H,14,15,17). The summed E-state index contributed by atoms with van der Waals surface area (Å²) in [7, 11) is 0. The van der Waals surface area contributed by atoms with Crippen LogP contribution in [0.2, 0.25) is 5.15 Å². The highest BCUT2D eigenvalue weighted by Gasteiger charge is 2.21. The van der Waals surface area contributed by atoms with Crippen LogP contribution >= 0.6 is 23.4 Å². The second-order valence-electron chi connectivity index (χ2n) is 4.57. The molecule has 0 bridgehead atoms. The molecule has 20 heavy (non-hydrogen) atoms. The van der Waals surface area contributed by atoms with Crippen molar-refractivity contribution in [1.82, 2.24) is 4.98 Å². The van der Waals surface area contributed by atoms with Crippen molar-refractivity contribution in [1.29, 1.82) is 0 Å². The second-order valence-corrected chi connectivity index (χ2v) is 6.18. The van der Waals surface area contributed by atoms with Crippen LogP contribution in [0.15, 0.2) is 12.1 Å². The van der Waals surface area contributed by atoms with E-state index in [1.54, 1.807) is 0 Å². The zero-order valence-corrected chi connectivity index (χ0v) is 12.2. The van der Waals surface area contributed by atoms with Gasteiger partial charge in [-0.25, -0.2) is 4.98 Å². The van der Waals surface area contributed by atoms with Crippen LogP contribution in [-0.4, -0.2) is 27.3 Å². The predicted octanol–water partition coefficient (Wildman–Crippen LogP) is 3.12. The number of amides is 1. The van der Waals surface area contributed by atoms with Gasteiger partial charge in [0.05, 0.1) is 4.92 Å². The summed E-state index contributed by atoms with van der Waals surface area (Å²) in [5.74, 6) is 2.13. The van der Waals surface area contributed by atoms with Gasteiger partial charge in [0, 0.05) is 12.5 Å². The molecular weight excluding hydrogens is 302 g/mol. The summed E-state index contributed by atoms with van der Waals surface area (Å²) in [6.07, 6.45) is 2.37. The molecule has 1 amide bonds. The van der Waals surface area contributed by atoms with Crippen LogP contribution in [-0.2, 0) is 4.79 Å². The summed E-state index contributed by atoms with van der Waals surface area (Å²) in [6.45, 7) is 0. The van der Waals surface area contributed by atoms with E-state index in [1.165, 1.54) is 12.1 Å². The van der Waals surface area contributed by atoms with Crippen molar-refractivity contribution in [2.24, 2.45) is 5.92 Å². The second kappa shape index (κ2) is 6.90. The van der Waals surface area contributed by atoms with Crippen molar-refractivity contribution in [3.8, 4) is 0 Å². The highest BCUT2D eigenvalue weighted by molar-refractivity contribution is 7.99. The molecule has 0 spiro atoms. The average Bonchev–Trinajstić information content (AvgIpc) is 2.39. The maximum absolute atomic E-state index is 11.9. The zero-order valence-electron chi connectivity index (χ0n) is 10.7. The lowest BCUT2D eigenvalue weighted by molar-refractivity contribution is -0.384. The Hall–Kier alpha value is -1.34. The molecule has 0 aliphatic carbocycles. The number of carbonyl (C=O) groups excluding carboxylic acids is 1. The molecule has 1 aliphatic heterocycles. The molecule has 108 valence electrons. The number of anilines is 1. The number of pyridine rings is 1. The smallest absolute Gasteiger partial charge is 0.305 e. The minimum Gasteiger partial charge on any atom is -0.305 e. The Labute approximate surface area is 125 Å². The molecule has 0 radical (unpaired) electrons. The molecule has 1 fully saturated rings. The first-order valence-corrected chi connectivity index (χ1v) is 7.78. The third-order valence-corrected chi connectivity index (χ3v) is 4.37. The van der Waals surface area contributed by atoms with Gasteiger partial charge >= 0.3 is 5.69 Å². The van der Waals surface area contributed by atoms with Gasteiger partial charge in [0.2, 0.25) is 11.7 Å². The minimum absolute atomic E-state index is 0.0855. The average molecular weight is 316 g/mol. The molecule has 1 aromatic rings. The fourth-order valence-corrected chi connectivity index (χ4v) is 3.41. The van der Waals surface area contributed by atoms with Gasteiger partial charge < -0.3 is 5.32 Å². The number of nitrogens with one attached hydrogen (secondary N) is 1. The van der Waals surface area contributed by atoms with E-state index in [9.17, 15) is 14.9 Å². The van der Waals surface area contributed by atoms with Gasteiger partial charge in [-0.05, 0) is 36.3 Å². The summed E-state index contributed by atoms with van der Waals surface area (Å²) < 4.78 is 0. The van der Waals surface area contributed by atoms with E-state index in [-0.39, 0.29) is 22.6 Å². The third kappa shape index (κ3) is 4.08. The Morgan fingerprint density at radius 3 is 2.85 bits per heavy atom. The maximum atomic E-state index is 11.9. The highest BCUT2D eigenvalue weighted by Crippen LogP contribution is 2.27. The van der Waals surface area contributed by atoms with Crippen molar-refractivity contribution >= 4 is 40.8 Å². The molecule has 0 saturated carbocycles. The Morgan fingerprint density at radius 2 is 2.20 bits per heavy atom. The predicted molar refractivity (Wildman–Crippen MR) is 79.2 cm³/mol. The minimum atomic E-state index is -0.587. The fourth-order valence-electron chi connectivity index (χ4n) is 2.06. The van der Waals surface area contributed by atoms with Crippen LogP contribution in [0.3, 0.4) is 0 Å². The molecule has 8 heteroatoms. The van der Waals surface area contributed by atoms with Gasteiger partial charge in [0.25, 0.3) is 0 Å². The Bertz CT molecular complexity index is 521. The summed E-state index contributed by atoms with van der Waals surface area (Å²) in [5.41, 5.74) is -0.248. The van der Waals surface area contributed by atoms with Crippen LogP contribution in [0, 0.1) is 16.0 Å². The molecule has 2 rings (SSSR count). The van der Waals surface area contributed by atoms with E-state index in [1.807, 2.05) is 11.8 Å². The van der Waals surface area contributed by atoms with Crippen molar-refractivity contribution in [2.45, 2.75) is 19.3 Å². The van der Waals surface area contributed by atoms with Crippen LogP contribution < -0.4 is 5.32 Å². The third-order valence-electron chi connectivity index (χ3n) is 3.11. The zero-order chi connectivity index (χ0) is 14.5. The maximum Gasteiger partial charge on any atom is 0.311 e. The number of nitro groups is 1. The summed E-state index contributed by atoms with van der Waals surface area (Å²) >= 11 is 7.60. The van der Waals surface area contributed by atoms with Crippen molar-refractivity contribution in [3.05, 3.63) is 27.4 Å². The lowest BCUT2D eigenvalue weighted by Crippen LogP contribution is -2.20. The Morgan fingerprint density at radius 1 is 1.50 bits per heavy atom. The van der Waals surface area contributed by atoms with Crippen LogP contribution in [0.25, 0.3) is 0 Å². The number of aromatic nitrogens is 1. The van der Waals surface area contributed by atoms with Crippen molar-refractivity contribution < 1.29 is 9.72 Å². The fraction of sp³-hybridized carbons (Fsp3) is 0.500. The van der Waals surface area contributed by atoms with Crippen molar-refractivity contribution in [2.75, 3.05) is 16.8 Å². The van der Waals surface area contributed by atoms with E-state index >= 15 is 0 Å². The van der Waals surface area contributed by atoms with E-state index in [0.717, 1.165) is 24.3 Å². The van der Waals surface area contributed by atoms with E-state index < -0.39 is 4.92 Å². The number of rotatable bonds is 4. The molecular formula is C12H14ClN3O3S.